The van der Waals surface area contributed by atoms with Crippen molar-refractivity contribution in [1.82, 2.24) is 4.90 Å². The van der Waals surface area contributed by atoms with Crippen LogP contribution in [0, 0.1) is 5.92 Å². The fraction of sp³-hybridized carbons (Fsp3) is 0.538. The summed E-state index contributed by atoms with van der Waals surface area (Å²) in [6.45, 7) is 3.54. The average molecular weight is 347 g/mol. The maximum Gasteiger partial charge on any atom is 0.0245 e. The molecule has 0 saturated carbocycles. The summed E-state index contributed by atoms with van der Waals surface area (Å²) in [5, 5.41) is 1.14. The van der Waals surface area contributed by atoms with Crippen molar-refractivity contribution in [3.63, 3.8) is 0 Å². The van der Waals surface area contributed by atoms with Gasteiger partial charge in [0.25, 0.3) is 0 Å². The molecule has 1 aromatic carbocycles. The summed E-state index contributed by atoms with van der Waals surface area (Å²) >= 11 is 7.22. The van der Waals surface area contributed by atoms with Crippen LogP contribution in [0.4, 0.5) is 0 Å². The molecule has 1 aliphatic heterocycles. The first-order chi connectivity index (χ1) is 7.79. The van der Waals surface area contributed by atoms with Gasteiger partial charge in [0.15, 0.2) is 0 Å². The molecule has 0 aromatic heterocycles. The summed E-state index contributed by atoms with van der Waals surface area (Å²) in [7, 11) is 0. The molecule has 1 atom stereocenters. The third-order valence-electron chi connectivity index (χ3n) is 3.17. The molecular formula is C13H17Br2N. The lowest BCUT2D eigenvalue weighted by atomic mass is 10.00. The lowest BCUT2D eigenvalue weighted by Crippen LogP contribution is -2.35. The van der Waals surface area contributed by atoms with Gasteiger partial charge in [-0.25, -0.2) is 0 Å². The van der Waals surface area contributed by atoms with Gasteiger partial charge in [-0.15, -0.1) is 0 Å². The monoisotopic (exact) mass is 345 g/mol. The highest BCUT2D eigenvalue weighted by Gasteiger charge is 2.19. The van der Waals surface area contributed by atoms with Crippen molar-refractivity contribution < 1.29 is 0 Å². The van der Waals surface area contributed by atoms with Gasteiger partial charge in [-0.05, 0) is 36.9 Å². The highest BCUT2D eigenvalue weighted by molar-refractivity contribution is 9.10. The van der Waals surface area contributed by atoms with E-state index >= 15 is 0 Å². The third-order valence-corrected chi connectivity index (χ3v) is 4.86. The molecule has 0 bridgehead atoms. The van der Waals surface area contributed by atoms with E-state index in [1.165, 1.54) is 36.0 Å². The van der Waals surface area contributed by atoms with Gasteiger partial charge >= 0.3 is 0 Å². The van der Waals surface area contributed by atoms with E-state index in [0.29, 0.717) is 0 Å². The highest BCUT2D eigenvalue weighted by atomic mass is 79.9. The Balaban J connectivity index is 1.97. The predicted molar refractivity (Wildman–Crippen MR) is 75.9 cm³/mol. The van der Waals surface area contributed by atoms with Crippen LogP contribution in [0.3, 0.4) is 0 Å². The van der Waals surface area contributed by atoms with Crippen molar-refractivity contribution in [2.45, 2.75) is 19.4 Å². The minimum atomic E-state index is 0.830. The van der Waals surface area contributed by atoms with E-state index in [2.05, 4.69) is 61.0 Å². The van der Waals surface area contributed by atoms with Crippen LogP contribution in [0.2, 0.25) is 0 Å². The topological polar surface area (TPSA) is 3.24 Å². The Labute approximate surface area is 114 Å². The Morgan fingerprint density at radius 1 is 1.31 bits per heavy atom. The van der Waals surface area contributed by atoms with Gasteiger partial charge in [-0.1, -0.05) is 50.1 Å². The summed E-state index contributed by atoms with van der Waals surface area (Å²) in [6, 6.07) is 8.53. The molecule has 88 valence electrons. The SMILES string of the molecule is BrCC1CCCN(Cc2ccccc2Br)C1. The van der Waals surface area contributed by atoms with Crippen LogP contribution in [0.1, 0.15) is 18.4 Å². The Morgan fingerprint density at radius 2 is 2.12 bits per heavy atom. The second-order valence-corrected chi connectivity index (χ2v) is 5.99. The van der Waals surface area contributed by atoms with Crippen LogP contribution in [0.5, 0.6) is 0 Å². The lowest BCUT2D eigenvalue weighted by Gasteiger charge is -2.32. The molecule has 0 spiro atoms. The van der Waals surface area contributed by atoms with Gasteiger partial charge in [0.1, 0.15) is 0 Å². The number of piperidine rings is 1. The summed E-state index contributed by atoms with van der Waals surface area (Å²) in [6.07, 6.45) is 2.71. The van der Waals surface area contributed by atoms with Gasteiger partial charge in [-0.2, -0.15) is 0 Å². The standard InChI is InChI=1S/C13H17Br2N/c14-8-11-4-3-7-16(9-11)10-12-5-1-2-6-13(12)15/h1-2,5-6,11H,3-4,7-10H2. The Hall–Kier alpha value is 0.140. The lowest BCUT2D eigenvalue weighted by molar-refractivity contribution is 0.179. The van der Waals surface area contributed by atoms with Gasteiger partial charge in [0, 0.05) is 22.9 Å². The van der Waals surface area contributed by atoms with Crippen LogP contribution in [0.25, 0.3) is 0 Å². The van der Waals surface area contributed by atoms with E-state index in [9.17, 15) is 0 Å². The molecule has 1 unspecified atom stereocenters. The van der Waals surface area contributed by atoms with E-state index in [0.717, 1.165) is 17.8 Å². The molecule has 0 radical (unpaired) electrons. The Bertz CT molecular complexity index is 340. The Morgan fingerprint density at radius 3 is 2.88 bits per heavy atom. The molecule has 1 aromatic rings. The first-order valence-corrected chi connectivity index (χ1v) is 7.73. The summed E-state index contributed by atoms with van der Waals surface area (Å²) in [5.74, 6) is 0.830. The first kappa shape index (κ1) is 12.6. The molecule has 3 heteroatoms. The normalized spacial score (nSPS) is 22.2. The molecular weight excluding hydrogens is 330 g/mol. The van der Waals surface area contributed by atoms with Crippen LogP contribution in [-0.4, -0.2) is 23.3 Å². The van der Waals surface area contributed by atoms with Crippen molar-refractivity contribution in [2.24, 2.45) is 5.92 Å². The van der Waals surface area contributed by atoms with Crippen molar-refractivity contribution in [1.29, 1.82) is 0 Å². The van der Waals surface area contributed by atoms with Crippen molar-refractivity contribution in [2.75, 3.05) is 18.4 Å². The van der Waals surface area contributed by atoms with Crippen molar-refractivity contribution in [3.8, 4) is 0 Å². The molecule has 1 saturated heterocycles. The molecule has 0 amide bonds. The zero-order chi connectivity index (χ0) is 11.4. The van der Waals surface area contributed by atoms with Crippen LogP contribution in [-0.2, 0) is 6.54 Å². The molecule has 1 heterocycles. The predicted octanol–water partition coefficient (Wildman–Crippen LogP) is 4.06. The highest BCUT2D eigenvalue weighted by Crippen LogP contribution is 2.23. The average Bonchev–Trinajstić information content (AvgIpc) is 2.32. The zero-order valence-electron chi connectivity index (χ0n) is 9.33. The maximum absolute atomic E-state index is 3.62. The van der Waals surface area contributed by atoms with Gasteiger partial charge in [0.05, 0.1) is 0 Å². The summed E-state index contributed by atoms with van der Waals surface area (Å²) < 4.78 is 1.23. The quantitative estimate of drug-likeness (QED) is 0.746. The minimum absolute atomic E-state index is 0.830. The second-order valence-electron chi connectivity index (χ2n) is 4.49. The van der Waals surface area contributed by atoms with E-state index < -0.39 is 0 Å². The number of nitrogens with zero attached hydrogens (tertiary/aromatic N) is 1. The van der Waals surface area contributed by atoms with Gasteiger partial charge in [-0.3, -0.25) is 4.90 Å². The number of halogens is 2. The fourth-order valence-corrected chi connectivity index (χ4v) is 3.23. The molecule has 16 heavy (non-hydrogen) atoms. The number of hydrogen-bond acceptors (Lipinski definition) is 1. The van der Waals surface area contributed by atoms with E-state index in [-0.39, 0.29) is 0 Å². The molecule has 2 rings (SSSR count). The molecule has 1 nitrogen and oxygen atoms in total. The van der Waals surface area contributed by atoms with Gasteiger partial charge in [0.2, 0.25) is 0 Å². The summed E-state index contributed by atoms with van der Waals surface area (Å²) in [5.41, 5.74) is 1.40. The molecule has 1 aliphatic rings. The number of alkyl halides is 1. The second kappa shape index (κ2) is 6.18. The van der Waals surface area contributed by atoms with Gasteiger partial charge < -0.3 is 0 Å². The van der Waals surface area contributed by atoms with E-state index in [1.807, 2.05) is 0 Å². The third kappa shape index (κ3) is 3.31. The van der Waals surface area contributed by atoms with E-state index in [4.69, 9.17) is 0 Å². The van der Waals surface area contributed by atoms with E-state index in [1.54, 1.807) is 0 Å². The van der Waals surface area contributed by atoms with Crippen LogP contribution < -0.4 is 0 Å². The summed E-state index contributed by atoms with van der Waals surface area (Å²) in [4.78, 5) is 2.56. The fourth-order valence-electron chi connectivity index (χ4n) is 2.29. The largest absolute Gasteiger partial charge is 0.299 e. The zero-order valence-corrected chi connectivity index (χ0v) is 12.5. The number of likely N-dealkylation sites (tertiary alicyclic amines) is 1. The smallest absolute Gasteiger partial charge is 0.0245 e. The first-order valence-electron chi connectivity index (χ1n) is 5.81. The number of hydrogen-bond donors (Lipinski definition) is 0. The minimum Gasteiger partial charge on any atom is -0.299 e. The molecule has 0 aliphatic carbocycles. The number of benzene rings is 1. The molecule has 0 N–H and O–H groups in total. The Kier molecular flexibility index (Phi) is 4.86. The molecule has 1 fully saturated rings. The van der Waals surface area contributed by atoms with Crippen molar-refractivity contribution >= 4 is 31.9 Å². The maximum atomic E-state index is 3.62. The van der Waals surface area contributed by atoms with Crippen LogP contribution >= 0.6 is 31.9 Å². The number of rotatable bonds is 3. The van der Waals surface area contributed by atoms with Crippen LogP contribution in [0.15, 0.2) is 28.7 Å². The van der Waals surface area contributed by atoms with Crippen molar-refractivity contribution in [3.05, 3.63) is 34.3 Å².